The molecule has 3 rings (SSSR count). The van der Waals surface area contributed by atoms with Crippen LogP contribution in [0.2, 0.25) is 0 Å². The quantitative estimate of drug-likeness (QED) is 0.669. The van der Waals surface area contributed by atoms with Crippen LogP contribution in [0.5, 0.6) is 0 Å². The molecule has 8 nitrogen and oxygen atoms in total. The summed E-state index contributed by atoms with van der Waals surface area (Å²) in [5, 5.41) is 5.22. The van der Waals surface area contributed by atoms with Crippen molar-refractivity contribution in [3.05, 3.63) is 57.4 Å². The van der Waals surface area contributed by atoms with E-state index in [2.05, 4.69) is 9.98 Å². The van der Waals surface area contributed by atoms with E-state index in [1.54, 1.807) is 12.1 Å². The SMILES string of the molecule is NC1=NC(=O)/C(=C/c2c[nH]c(=O)c(-c3ccc(S(N)(=O)=O)cc3)c2)S1. The van der Waals surface area contributed by atoms with Gasteiger partial charge < -0.3 is 10.7 Å². The Kier molecular flexibility index (Phi) is 4.33. The summed E-state index contributed by atoms with van der Waals surface area (Å²) in [6.07, 6.45) is 3.02. The Hall–Kier alpha value is -2.69. The van der Waals surface area contributed by atoms with Gasteiger partial charge in [0, 0.05) is 11.8 Å². The summed E-state index contributed by atoms with van der Waals surface area (Å²) in [4.78, 5) is 30.2. The highest BCUT2D eigenvalue weighted by molar-refractivity contribution is 8.18. The normalized spacial score (nSPS) is 16.3. The third kappa shape index (κ3) is 3.71. The van der Waals surface area contributed by atoms with Crippen LogP contribution >= 0.6 is 11.8 Å². The first-order valence-electron chi connectivity index (χ1n) is 6.88. The molecule has 1 aliphatic rings. The number of carbonyl (C=O) groups is 1. The molecule has 0 atom stereocenters. The second-order valence-corrected chi connectivity index (χ2v) is 7.73. The van der Waals surface area contributed by atoms with Crippen LogP contribution in [-0.4, -0.2) is 24.5 Å². The van der Waals surface area contributed by atoms with Crippen LogP contribution in [0, 0.1) is 0 Å². The van der Waals surface area contributed by atoms with Gasteiger partial charge in [0.2, 0.25) is 10.0 Å². The number of benzene rings is 1. The Bertz CT molecular complexity index is 1080. The first-order valence-corrected chi connectivity index (χ1v) is 9.24. The number of nitrogens with two attached hydrogens (primary N) is 2. The molecule has 1 aliphatic heterocycles. The number of nitrogens with zero attached hydrogens (tertiary/aromatic N) is 1. The van der Waals surface area contributed by atoms with E-state index in [9.17, 15) is 18.0 Å². The summed E-state index contributed by atoms with van der Waals surface area (Å²) in [5.74, 6) is -0.437. The number of aliphatic imine (C=N–C) groups is 1. The lowest BCUT2D eigenvalue weighted by Crippen LogP contribution is -2.12. The third-order valence-corrected chi connectivity index (χ3v) is 5.10. The first kappa shape index (κ1) is 17.1. The molecule has 2 aromatic rings. The zero-order valence-electron chi connectivity index (χ0n) is 12.6. The number of amidine groups is 1. The summed E-state index contributed by atoms with van der Waals surface area (Å²) in [5.41, 5.74) is 6.55. The summed E-state index contributed by atoms with van der Waals surface area (Å²) < 4.78 is 22.6. The number of carbonyl (C=O) groups excluding carboxylic acids is 1. The van der Waals surface area contributed by atoms with E-state index in [-0.39, 0.29) is 15.6 Å². The number of nitrogens with one attached hydrogen (secondary N) is 1. The van der Waals surface area contributed by atoms with Gasteiger partial charge in [-0.25, -0.2) is 13.6 Å². The van der Waals surface area contributed by atoms with Gasteiger partial charge in [0.15, 0.2) is 5.17 Å². The molecule has 0 bridgehead atoms. The molecule has 0 saturated carbocycles. The fourth-order valence-corrected chi connectivity index (χ4v) is 3.40. The van der Waals surface area contributed by atoms with E-state index in [1.807, 2.05) is 0 Å². The van der Waals surface area contributed by atoms with Gasteiger partial charge in [0.1, 0.15) is 0 Å². The number of hydrogen-bond donors (Lipinski definition) is 3. The standard InChI is InChI=1S/C15H12N4O4S2/c16-15-19-14(21)12(24-15)6-8-5-11(13(20)18-7-8)9-1-3-10(4-2-9)25(17,22)23/h1-7H,(H,18,20)(H2,16,19,21)(H2,17,22,23)/b12-6-. The molecule has 2 heterocycles. The summed E-state index contributed by atoms with van der Waals surface area (Å²) >= 11 is 1.05. The Morgan fingerprint density at radius 1 is 1.16 bits per heavy atom. The minimum Gasteiger partial charge on any atom is -0.378 e. The van der Waals surface area contributed by atoms with Crippen molar-refractivity contribution in [1.82, 2.24) is 4.98 Å². The average molecular weight is 376 g/mol. The fraction of sp³-hybridized carbons (Fsp3) is 0. The number of aromatic amines is 1. The second kappa shape index (κ2) is 6.31. The van der Waals surface area contributed by atoms with Crippen molar-refractivity contribution in [3.8, 4) is 11.1 Å². The molecule has 0 unspecified atom stereocenters. The predicted molar refractivity (Wildman–Crippen MR) is 96.1 cm³/mol. The van der Waals surface area contributed by atoms with E-state index in [4.69, 9.17) is 10.9 Å². The Morgan fingerprint density at radius 3 is 2.40 bits per heavy atom. The van der Waals surface area contributed by atoms with Crippen molar-refractivity contribution < 1.29 is 13.2 Å². The lowest BCUT2D eigenvalue weighted by Gasteiger charge is -2.04. The van der Waals surface area contributed by atoms with E-state index in [0.717, 1.165) is 11.8 Å². The molecule has 25 heavy (non-hydrogen) atoms. The fourth-order valence-electron chi connectivity index (χ4n) is 2.20. The Morgan fingerprint density at radius 2 is 1.84 bits per heavy atom. The second-order valence-electron chi connectivity index (χ2n) is 5.11. The topological polar surface area (TPSA) is 148 Å². The van der Waals surface area contributed by atoms with Gasteiger partial charge >= 0.3 is 0 Å². The number of sulfonamides is 1. The molecular weight excluding hydrogens is 364 g/mol. The van der Waals surface area contributed by atoms with Crippen molar-refractivity contribution in [2.45, 2.75) is 4.90 Å². The van der Waals surface area contributed by atoms with Gasteiger partial charge in [-0.3, -0.25) is 9.59 Å². The summed E-state index contributed by atoms with van der Waals surface area (Å²) in [6, 6.07) is 7.19. The zero-order chi connectivity index (χ0) is 18.2. The van der Waals surface area contributed by atoms with Crippen LogP contribution in [-0.2, 0) is 14.8 Å². The lowest BCUT2D eigenvalue weighted by atomic mass is 10.1. The maximum absolute atomic E-state index is 12.1. The highest BCUT2D eigenvalue weighted by atomic mass is 32.2. The van der Waals surface area contributed by atoms with Crippen molar-refractivity contribution in [3.63, 3.8) is 0 Å². The molecule has 0 spiro atoms. The molecule has 5 N–H and O–H groups in total. The van der Waals surface area contributed by atoms with Crippen molar-refractivity contribution in [1.29, 1.82) is 0 Å². The summed E-state index contributed by atoms with van der Waals surface area (Å²) in [6.45, 7) is 0. The van der Waals surface area contributed by atoms with Crippen LogP contribution in [0.3, 0.4) is 0 Å². The molecule has 1 aromatic carbocycles. The number of primary sulfonamides is 1. The van der Waals surface area contributed by atoms with Gasteiger partial charge in [-0.1, -0.05) is 12.1 Å². The van der Waals surface area contributed by atoms with Crippen molar-refractivity contribution in [2.24, 2.45) is 15.9 Å². The van der Waals surface area contributed by atoms with E-state index in [1.165, 1.54) is 30.5 Å². The Balaban J connectivity index is 1.99. The number of aromatic nitrogens is 1. The van der Waals surface area contributed by atoms with E-state index >= 15 is 0 Å². The molecule has 1 amide bonds. The van der Waals surface area contributed by atoms with Gasteiger partial charge in [-0.15, -0.1) is 0 Å². The average Bonchev–Trinajstić information content (AvgIpc) is 2.86. The molecule has 0 aliphatic carbocycles. The predicted octanol–water partition coefficient (Wildman–Crippen LogP) is 0.618. The lowest BCUT2D eigenvalue weighted by molar-refractivity contribution is -0.113. The van der Waals surface area contributed by atoms with Crippen LogP contribution in [0.4, 0.5) is 0 Å². The van der Waals surface area contributed by atoms with Gasteiger partial charge in [-0.05, 0) is 47.2 Å². The first-order chi connectivity index (χ1) is 11.7. The molecular formula is C15H12N4O4S2. The van der Waals surface area contributed by atoms with Crippen LogP contribution < -0.4 is 16.4 Å². The largest absolute Gasteiger partial charge is 0.378 e. The zero-order valence-corrected chi connectivity index (χ0v) is 14.2. The maximum Gasteiger partial charge on any atom is 0.286 e. The molecule has 10 heteroatoms. The van der Waals surface area contributed by atoms with E-state index < -0.39 is 15.9 Å². The number of amides is 1. The molecule has 0 saturated heterocycles. The molecule has 0 radical (unpaired) electrons. The number of hydrogen-bond acceptors (Lipinski definition) is 6. The molecule has 1 aromatic heterocycles. The number of rotatable bonds is 3. The number of pyridine rings is 1. The van der Waals surface area contributed by atoms with Crippen LogP contribution in [0.25, 0.3) is 17.2 Å². The monoisotopic (exact) mass is 376 g/mol. The molecule has 128 valence electrons. The maximum atomic E-state index is 12.1. The minimum absolute atomic E-state index is 0.0495. The van der Waals surface area contributed by atoms with Gasteiger partial charge in [0.05, 0.1) is 9.80 Å². The van der Waals surface area contributed by atoms with Crippen molar-refractivity contribution >= 4 is 38.9 Å². The number of thioether (sulfide) groups is 1. The Labute approximate surface area is 146 Å². The highest BCUT2D eigenvalue weighted by Gasteiger charge is 2.19. The van der Waals surface area contributed by atoms with Gasteiger partial charge in [0.25, 0.3) is 11.5 Å². The smallest absolute Gasteiger partial charge is 0.286 e. The third-order valence-electron chi connectivity index (χ3n) is 3.35. The van der Waals surface area contributed by atoms with Crippen molar-refractivity contribution in [2.75, 3.05) is 0 Å². The van der Waals surface area contributed by atoms with Gasteiger partial charge in [-0.2, -0.15) is 4.99 Å². The minimum atomic E-state index is -3.81. The highest BCUT2D eigenvalue weighted by Crippen LogP contribution is 2.27. The van der Waals surface area contributed by atoms with E-state index in [0.29, 0.717) is 21.6 Å². The van der Waals surface area contributed by atoms with Crippen LogP contribution in [0.1, 0.15) is 5.56 Å². The summed E-state index contributed by atoms with van der Waals surface area (Å²) in [7, 11) is -3.81. The molecule has 0 fully saturated rings. The number of H-pyrrole nitrogens is 1. The van der Waals surface area contributed by atoms with Crippen LogP contribution in [0.15, 0.2) is 56.1 Å².